The number of hydrogen-bond acceptors (Lipinski definition) is 3. The molecule has 1 aromatic rings. The van der Waals surface area contributed by atoms with Crippen LogP contribution < -0.4 is 5.73 Å². The van der Waals surface area contributed by atoms with Crippen LogP contribution in [0.4, 0.5) is 4.39 Å². The topological polar surface area (TPSA) is 83.5 Å². The van der Waals surface area contributed by atoms with E-state index in [0.29, 0.717) is 11.1 Å². The molecule has 1 rings (SSSR count). The fourth-order valence-corrected chi connectivity index (χ4v) is 1.28. The van der Waals surface area contributed by atoms with Crippen molar-refractivity contribution in [1.82, 2.24) is 0 Å². The Morgan fingerprint density at radius 2 is 2.25 bits per heavy atom. The van der Waals surface area contributed by atoms with Gasteiger partial charge in [0.05, 0.1) is 12.6 Å². The first-order chi connectivity index (χ1) is 7.54. The van der Waals surface area contributed by atoms with Gasteiger partial charge in [-0.15, -0.1) is 0 Å². The molecule has 1 atom stereocenters. The number of halogens is 1. The number of carboxylic acids is 1. The minimum atomic E-state index is -1.10. The number of aliphatic hydroxyl groups is 1. The Morgan fingerprint density at radius 1 is 1.56 bits per heavy atom. The fourth-order valence-electron chi connectivity index (χ4n) is 1.28. The van der Waals surface area contributed by atoms with Crippen LogP contribution in [-0.4, -0.2) is 22.8 Å². The number of aliphatic carboxylic acids is 1. The van der Waals surface area contributed by atoms with Gasteiger partial charge in [0.1, 0.15) is 5.82 Å². The summed E-state index contributed by atoms with van der Waals surface area (Å²) in [5.41, 5.74) is 6.42. The Hall–Kier alpha value is -1.72. The van der Waals surface area contributed by atoms with Crippen molar-refractivity contribution < 1.29 is 19.4 Å². The maximum atomic E-state index is 13.0. The Balaban J connectivity index is 3.12. The van der Waals surface area contributed by atoms with Gasteiger partial charge in [-0.25, -0.2) is 9.18 Å². The van der Waals surface area contributed by atoms with E-state index in [0.717, 1.165) is 6.08 Å². The summed E-state index contributed by atoms with van der Waals surface area (Å²) in [6, 6.07) is 3.07. The van der Waals surface area contributed by atoms with Crippen LogP contribution in [-0.2, 0) is 4.79 Å². The summed E-state index contributed by atoms with van der Waals surface area (Å²) in [5, 5.41) is 17.4. The van der Waals surface area contributed by atoms with E-state index in [1.54, 1.807) is 0 Å². The van der Waals surface area contributed by atoms with Gasteiger partial charge in [0.2, 0.25) is 0 Å². The summed E-state index contributed by atoms with van der Waals surface area (Å²) >= 11 is 0. The maximum absolute atomic E-state index is 13.0. The highest BCUT2D eigenvalue weighted by Crippen LogP contribution is 2.19. The van der Waals surface area contributed by atoms with E-state index < -0.39 is 17.8 Å². The van der Waals surface area contributed by atoms with Crippen LogP contribution in [0.5, 0.6) is 0 Å². The summed E-state index contributed by atoms with van der Waals surface area (Å²) in [7, 11) is 0. The molecule has 0 fully saturated rings. The van der Waals surface area contributed by atoms with E-state index in [2.05, 4.69) is 0 Å². The standard InChI is InChI=1S/C11H12FNO3/c12-8-3-1-7(2-4-11(15)16)9(5-8)10(13)6-14/h1-5,10,14H,6,13H2,(H,15,16)/b4-2+/t10-/m1/s1. The van der Waals surface area contributed by atoms with Crippen LogP contribution in [0.25, 0.3) is 6.08 Å². The van der Waals surface area contributed by atoms with Crippen molar-refractivity contribution in [3.63, 3.8) is 0 Å². The molecule has 0 aliphatic carbocycles. The van der Waals surface area contributed by atoms with Gasteiger partial charge in [0.15, 0.2) is 0 Å². The third-order valence-corrected chi connectivity index (χ3v) is 2.05. The van der Waals surface area contributed by atoms with Crippen molar-refractivity contribution in [3.05, 3.63) is 41.2 Å². The maximum Gasteiger partial charge on any atom is 0.328 e. The van der Waals surface area contributed by atoms with Crippen molar-refractivity contribution in [2.24, 2.45) is 5.73 Å². The zero-order valence-electron chi connectivity index (χ0n) is 8.43. The number of carboxylic acid groups (broad SMARTS) is 1. The van der Waals surface area contributed by atoms with Crippen LogP contribution in [0.15, 0.2) is 24.3 Å². The molecule has 0 aliphatic rings. The van der Waals surface area contributed by atoms with E-state index in [4.69, 9.17) is 15.9 Å². The van der Waals surface area contributed by atoms with Gasteiger partial charge >= 0.3 is 5.97 Å². The number of carbonyl (C=O) groups is 1. The lowest BCUT2D eigenvalue weighted by molar-refractivity contribution is -0.131. The third kappa shape index (κ3) is 3.15. The molecule has 86 valence electrons. The highest BCUT2D eigenvalue weighted by Gasteiger charge is 2.09. The van der Waals surface area contributed by atoms with Crippen molar-refractivity contribution in [2.75, 3.05) is 6.61 Å². The van der Waals surface area contributed by atoms with E-state index >= 15 is 0 Å². The summed E-state index contributed by atoms with van der Waals surface area (Å²) in [6.07, 6.45) is 2.24. The molecular formula is C11H12FNO3. The van der Waals surface area contributed by atoms with Crippen LogP contribution >= 0.6 is 0 Å². The molecule has 5 heteroatoms. The lowest BCUT2D eigenvalue weighted by Crippen LogP contribution is -2.16. The number of hydrogen-bond donors (Lipinski definition) is 3. The predicted molar refractivity (Wildman–Crippen MR) is 57.1 cm³/mol. The van der Waals surface area contributed by atoms with Crippen molar-refractivity contribution in [3.8, 4) is 0 Å². The molecule has 0 aromatic heterocycles. The second-order valence-corrected chi connectivity index (χ2v) is 3.23. The van der Waals surface area contributed by atoms with Gasteiger partial charge < -0.3 is 15.9 Å². The van der Waals surface area contributed by atoms with Gasteiger partial charge in [-0.1, -0.05) is 6.07 Å². The zero-order chi connectivity index (χ0) is 12.1. The van der Waals surface area contributed by atoms with Gasteiger partial charge in [-0.3, -0.25) is 0 Å². The molecule has 0 amide bonds. The van der Waals surface area contributed by atoms with Gasteiger partial charge in [-0.05, 0) is 29.3 Å². The lowest BCUT2D eigenvalue weighted by Gasteiger charge is -2.12. The van der Waals surface area contributed by atoms with Crippen molar-refractivity contribution >= 4 is 12.0 Å². The summed E-state index contributed by atoms with van der Waals surface area (Å²) in [6.45, 7) is -0.336. The number of rotatable bonds is 4. The van der Waals surface area contributed by atoms with E-state index in [1.807, 2.05) is 0 Å². The Morgan fingerprint density at radius 3 is 2.81 bits per heavy atom. The summed E-state index contributed by atoms with van der Waals surface area (Å²) in [4.78, 5) is 10.3. The fraction of sp³-hybridized carbons (Fsp3) is 0.182. The predicted octanol–water partition coefficient (Wildman–Crippen LogP) is 0.916. The van der Waals surface area contributed by atoms with Gasteiger partial charge in [0.25, 0.3) is 0 Å². The molecule has 0 spiro atoms. The second-order valence-electron chi connectivity index (χ2n) is 3.23. The molecule has 0 saturated heterocycles. The zero-order valence-corrected chi connectivity index (χ0v) is 8.43. The Kier molecular flexibility index (Phi) is 4.16. The third-order valence-electron chi connectivity index (χ3n) is 2.05. The molecule has 0 aliphatic heterocycles. The van der Waals surface area contributed by atoms with E-state index in [-0.39, 0.29) is 6.61 Å². The number of nitrogens with two attached hydrogens (primary N) is 1. The molecule has 0 bridgehead atoms. The minimum Gasteiger partial charge on any atom is -0.478 e. The normalized spacial score (nSPS) is 12.9. The molecule has 16 heavy (non-hydrogen) atoms. The van der Waals surface area contributed by atoms with Crippen LogP contribution in [0.3, 0.4) is 0 Å². The van der Waals surface area contributed by atoms with Crippen LogP contribution in [0.1, 0.15) is 17.2 Å². The van der Waals surface area contributed by atoms with Crippen molar-refractivity contribution in [2.45, 2.75) is 6.04 Å². The molecule has 4 N–H and O–H groups in total. The van der Waals surface area contributed by atoms with Crippen LogP contribution in [0.2, 0.25) is 0 Å². The first-order valence-corrected chi connectivity index (χ1v) is 4.61. The molecule has 0 heterocycles. The number of benzene rings is 1. The minimum absolute atomic E-state index is 0.336. The van der Waals surface area contributed by atoms with Crippen molar-refractivity contribution in [1.29, 1.82) is 0 Å². The second kappa shape index (κ2) is 5.39. The average molecular weight is 225 g/mol. The first kappa shape index (κ1) is 12.4. The van der Waals surface area contributed by atoms with Gasteiger partial charge in [0, 0.05) is 6.08 Å². The monoisotopic (exact) mass is 225 g/mol. The Labute approximate surface area is 91.8 Å². The lowest BCUT2D eigenvalue weighted by atomic mass is 10.0. The average Bonchev–Trinajstić information content (AvgIpc) is 2.26. The van der Waals surface area contributed by atoms with E-state index in [1.165, 1.54) is 24.3 Å². The molecule has 0 radical (unpaired) electrons. The number of aliphatic hydroxyl groups excluding tert-OH is 1. The smallest absolute Gasteiger partial charge is 0.328 e. The largest absolute Gasteiger partial charge is 0.478 e. The molecule has 4 nitrogen and oxygen atoms in total. The Bertz CT molecular complexity index is 418. The van der Waals surface area contributed by atoms with Crippen LogP contribution in [0, 0.1) is 5.82 Å². The summed E-state index contributed by atoms with van der Waals surface area (Å²) < 4.78 is 13.0. The first-order valence-electron chi connectivity index (χ1n) is 4.61. The molecule has 0 unspecified atom stereocenters. The quantitative estimate of drug-likeness (QED) is 0.665. The molecular weight excluding hydrogens is 213 g/mol. The molecule has 1 aromatic carbocycles. The highest BCUT2D eigenvalue weighted by atomic mass is 19.1. The summed E-state index contributed by atoms with van der Waals surface area (Å²) in [5.74, 6) is -1.58. The highest BCUT2D eigenvalue weighted by molar-refractivity contribution is 5.85. The SMILES string of the molecule is N[C@H](CO)c1cc(F)ccc1/C=C/C(=O)O. The molecule has 0 saturated carbocycles. The van der Waals surface area contributed by atoms with Gasteiger partial charge in [-0.2, -0.15) is 0 Å². The van der Waals surface area contributed by atoms with E-state index in [9.17, 15) is 9.18 Å².